The van der Waals surface area contributed by atoms with Gasteiger partial charge in [0.15, 0.2) is 0 Å². The molecule has 0 saturated carbocycles. The van der Waals surface area contributed by atoms with Gasteiger partial charge in [-0.05, 0) is 18.8 Å². The summed E-state index contributed by atoms with van der Waals surface area (Å²) in [7, 11) is -1.65. The van der Waals surface area contributed by atoms with Crippen molar-refractivity contribution in [3.63, 3.8) is 0 Å². The second-order valence-corrected chi connectivity index (χ2v) is 7.97. The predicted molar refractivity (Wildman–Crippen MR) is 102 cm³/mol. The minimum absolute atomic E-state index is 0.628. The Morgan fingerprint density at radius 1 is 0.696 bits per heavy atom. The van der Waals surface area contributed by atoms with Crippen molar-refractivity contribution in [2.45, 2.75) is 104 Å². The second-order valence-electron chi connectivity index (χ2n) is 6.98. The van der Waals surface area contributed by atoms with Crippen molar-refractivity contribution >= 4 is 8.60 Å². The van der Waals surface area contributed by atoms with Gasteiger partial charge >= 0.3 is 8.60 Å². The highest BCUT2D eigenvalue weighted by molar-refractivity contribution is 7.40. The van der Waals surface area contributed by atoms with E-state index in [2.05, 4.69) is 20.8 Å². The van der Waals surface area contributed by atoms with Gasteiger partial charge in [0.1, 0.15) is 0 Å². The highest BCUT2D eigenvalue weighted by Gasteiger charge is 2.05. The number of rotatable bonds is 18. The van der Waals surface area contributed by atoms with Crippen LogP contribution in [0.1, 0.15) is 104 Å². The zero-order valence-corrected chi connectivity index (χ0v) is 16.8. The minimum Gasteiger partial charge on any atom is -0.328 e. The Morgan fingerprint density at radius 2 is 1.13 bits per heavy atom. The predicted octanol–water partition coefficient (Wildman–Crippen LogP) is 6.99. The molecule has 0 radical (unpaired) electrons. The maximum atomic E-state index is 9.64. The molecule has 0 aliphatic carbocycles. The summed E-state index contributed by atoms with van der Waals surface area (Å²) in [5.74, 6) is 0.824. The summed E-state index contributed by atoms with van der Waals surface area (Å²) < 4.78 is 10.7. The van der Waals surface area contributed by atoms with Gasteiger partial charge in [-0.25, -0.2) is 0 Å². The first-order valence-electron chi connectivity index (χ1n) is 9.91. The maximum Gasteiger partial charge on any atom is 0.329 e. The van der Waals surface area contributed by atoms with Crippen LogP contribution in [0.4, 0.5) is 0 Å². The quantitative estimate of drug-likeness (QED) is 0.214. The topological polar surface area (TPSA) is 38.7 Å². The van der Waals surface area contributed by atoms with Gasteiger partial charge in [-0.3, -0.25) is 0 Å². The van der Waals surface area contributed by atoms with Crippen molar-refractivity contribution in [2.24, 2.45) is 5.92 Å². The lowest BCUT2D eigenvalue weighted by atomic mass is 10.0. The molecule has 0 aliphatic heterocycles. The third-order valence-electron chi connectivity index (χ3n) is 4.08. The van der Waals surface area contributed by atoms with E-state index in [0.717, 1.165) is 18.8 Å². The van der Waals surface area contributed by atoms with Crippen molar-refractivity contribution in [3.05, 3.63) is 0 Å². The molecule has 0 aliphatic rings. The molecule has 1 atom stereocenters. The second kappa shape index (κ2) is 18.6. The van der Waals surface area contributed by atoms with Gasteiger partial charge in [0.25, 0.3) is 0 Å². The zero-order chi connectivity index (χ0) is 17.2. The van der Waals surface area contributed by atoms with Crippen LogP contribution >= 0.6 is 8.60 Å². The van der Waals surface area contributed by atoms with Crippen LogP contribution in [0.3, 0.4) is 0 Å². The van der Waals surface area contributed by atoms with E-state index in [4.69, 9.17) is 9.05 Å². The first-order valence-corrected chi connectivity index (χ1v) is 11.0. The molecule has 140 valence electrons. The van der Waals surface area contributed by atoms with Gasteiger partial charge in [0, 0.05) is 0 Å². The zero-order valence-electron chi connectivity index (χ0n) is 15.9. The van der Waals surface area contributed by atoms with Crippen LogP contribution in [0, 0.1) is 5.92 Å². The van der Waals surface area contributed by atoms with E-state index in [-0.39, 0.29) is 0 Å². The summed E-state index contributed by atoms with van der Waals surface area (Å²) in [6.07, 6.45) is 16.3. The third-order valence-corrected chi connectivity index (χ3v) is 4.88. The molecule has 0 amide bonds. The Bertz CT molecular complexity index is 225. The molecular weight excluding hydrogens is 307 g/mol. The van der Waals surface area contributed by atoms with Gasteiger partial charge < -0.3 is 13.9 Å². The summed E-state index contributed by atoms with van der Waals surface area (Å²) in [5.41, 5.74) is 0. The van der Waals surface area contributed by atoms with Crippen molar-refractivity contribution in [3.8, 4) is 0 Å². The average Bonchev–Trinajstić information content (AvgIpc) is 2.52. The van der Waals surface area contributed by atoms with E-state index in [0.29, 0.717) is 13.2 Å². The van der Waals surface area contributed by atoms with Crippen molar-refractivity contribution in [1.82, 2.24) is 0 Å². The first-order chi connectivity index (χ1) is 11.2. The number of hydrogen-bond acceptors (Lipinski definition) is 3. The van der Waals surface area contributed by atoms with Crippen LogP contribution in [-0.4, -0.2) is 18.1 Å². The van der Waals surface area contributed by atoms with E-state index in [1.807, 2.05) is 0 Å². The third kappa shape index (κ3) is 20.3. The molecule has 0 spiro atoms. The Kier molecular flexibility index (Phi) is 18.9. The largest absolute Gasteiger partial charge is 0.329 e. The van der Waals surface area contributed by atoms with Crippen molar-refractivity contribution in [2.75, 3.05) is 13.2 Å². The molecule has 4 heteroatoms. The summed E-state index contributed by atoms with van der Waals surface area (Å²) in [4.78, 5) is 9.64. The molecule has 0 saturated heterocycles. The van der Waals surface area contributed by atoms with Crippen molar-refractivity contribution in [1.29, 1.82) is 0 Å². The van der Waals surface area contributed by atoms with Crippen molar-refractivity contribution < 1.29 is 13.9 Å². The first kappa shape index (κ1) is 23.3. The molecule has 0 heterocycles. The standard InChI is InChI=1S/C19H41O3P/c1-4-5-6-7-8-11-14-17-21-23(20)22-18-15-12-9-10-13-16-19(2)3/h19-20H,4-18H2,1-3H3. The van der Waals surface area contributed by atoms with Crippen LogP contribution in [0.2, 0.25) is 0 Å². The van der Waals surface area contributed by atoms with Crippen LogP contribution < -0.4 is 0 Å². The lowest BCUT2D eigenvalue weighted by Gasteiger charge is -2.10. The number of unbranched alkanes of at least 4 members (excludes halogenated alkanes) is 10. The fraction of sp³-hybridized carbons (Fsp3) is 1.00. The summed E-state index contributed by atoms with van der Waals surface area (Å²) in [5, 5.41) is 0. The van der Waals surface area contributed by atoms with E-state index in [1.165, 1.54) is 70.6 Å². The molecule has 0 bridgehead atoms. The molecule has 23 heavy (non-hydrogen) atoms. The van der Waals surface area contributed by atoms with E-state index >= 15 is 0 Å². The smallest absolute Gasteiger partial charge is 0.328 e. The molecule has 0 aromatic carbocycles. The Morgan fingerprint density at radius 3 is 1.61 bits per heavy atom. The van der Waals surface area contributed by atoms with Gasteiger partial charge in [-0.1, -0.05) is 91.4 Å². The Labute approximate surface area is 146 Å². The number of hydrogen-bond donors (Lipinski definition) is 1. The van der Waals surface area contributed by atoms with E-state index < -0.39 is 8.60 Å². The minimum atomic E-state index is -1.65. The fourth-order valence-corrected chi connectivity index (χ4v) is 3.21. The molecule has 0 rings (SSSR count). The molecule has 0 fully saturated rings. The summed E-state index contributed by atoms with van der Waals surface area (Å²) >= 11 is 0. The SMILES string of the molecule is CCCCCCCCCOP(O)OCCCCCCCC(C)C. The summed E-state index contributed by atoms with van der Waals surface area (Å²) in [6.45, 7) is 8.06. The van der Waals surface area contributed by atoms with Crippen LogP contribution in [0.5, 0.6) is 0 Å². The molecule has 0 aromatic heterocycles. The average molecular weight is 349 g/mol. The molecule has 1 unspecified atom stereocenters. The molecular formula is C19H41O3P. The normalized spacial score (nSPS) is 12.9. The molecule has 1 N–H and O–H groups in total. The maximum absolute atomic E-state index is 9.64. The molecule has 0 aromatic rings. The summed E-state index contributed by atoms with van der Waals surface area (Å²) in [6, 6.07) is 0. The monoisotopic (exact) mass is 348 g/mol. The van der Waals surface area contributed by atoms with Crippen LogP contribution in [-0.2, 0) is 9.05 Å². The lowest BCUT2D eigenvalue weighted by molar-refractivity contribution is 0.193. The van der Waals surface area contributed by atoms with Crippen LogP contribution in [0.15, 0.2) is 0 Å². The molecule has 3 nitrogen and oxygen atoms in total. The Balaban J connectivity index is 3.14. The van der Waals surface area contributed by atoms with E-state index in [9.17, 15) is 4.89 Å². The van der Waals surface area contributed by atoms with Gasteiger partial charge in [-0.15, -0.1) is 0 Å². The lowest BCUT2D eigenvalue weighted by Crippen LogP contribution is -1.95. The van der Waals surface area contributed by atoms with Gasteiger partial charge in [0.2, 0.25) is 0 Å². The Hall–Kier alpha value is 0.310. The highest BCUT2D eigenvalue weighted by Crippen LogP contribution is 2.33. The fourth-order valence-electron chi connectivity index (χ4n) is 2.57. The van der Waals surface area contributed by atoms with Gasteiger partial charge in [-0.2, -0.15) is 0 Å². The van der Waals surface area contributed by atoms with Crippen LogP contribution in [0.25, 0.3) is 0 Å². The van der Waals surface area contributed by atoms with E-state index in [1.54, 1.807) is 0 Å². The van der Waals surface area contributed by atoms with Gasteiger partial charge in [0.05, 0.1) is 13.2 Å². The highest BCUT2D eigenvalue weighted by atomic mass is 31.2.